The average Bonchev–Trinajstić information content (AvgIpc) is 2.94. The van der Waals surface area contributed by atoms with Gasteiger partial charge in [-0.3, -0.25) is 9.59 Å². The molecule has 2 heterocycles. The lowest BCUT2D eigenvalue weighted by atomic mass is 10.1. The fourth-order valence-corrected chi connectivity index (χ4v) is 3.62. The third kappa shape index (κ3) is 5.92. The summed E-state index contributed by atoms with van der Waals surface area (Å²) < 4.78 is 10.5. The molecule has 0 radical (unpaired) electrons. The molecule has 188 valence electrons. The number of fused-ring (bicyclic) bond motifs is 2. The third-order valence-corrected chi connectivity index (χ3v) is 5.78. The lowest BCUT2D eigenvalue weighted by Gasteiger charge is -2.23. The summed E-state index contributed by atoms with van der Waals surface area (Å²) >= 11 is 10.2. The van der Waals surface area contributed by atoms with Gasteiger partial charge in [0.15, 0.2) is 11.6 Å². The minimum atomic E-state index is -1.23. The molecule has 2 aromatic rings. The number of carbonyl (C=O) groups is 2. The van der Waals surface area contributed by atoms with Crippen molar-refractivity contribution in [2.45, 2.75) is 12.5 Å². The van der Waals surface area contributed by atoms with Gasteiger partial charge in [-0.2, -0.15) is 0 Å². The Kier molecular flexibility index (Phi) is 9.20. The van der Waals surface area contributed by atoms with Crippen molar-refractivity contribution >= 4 is 58.8 Å². The largest absolute Gasteiger partial charge is 0.869 e. The Morgan fingerprint density at radius 1 is 0.722 bits per heavy atom. The molecule has 0 unspecified atom stereocenters. The van der Waals surface area contributed by atoms with E-state index in [9.17, 15) is 19.8 Å². The molecule has 2 aromatic carbocycles. The molecule has 0 fully saturated rings. The number of benzene rings is 2. The monoisotopic (exact) mass is 532 g/mol. The lowest BCUT2D eigenvalue weighted by Crippen LogP contribution is -2.74. The number of methoxy groups -OCH3 is 2. The van der Waals surface area contributed by atoms with E-state index in [4.69, 9.17) is 32.7 Å². The van der Waals surface area contributed by atoms with Crippen LogP contribution in [-0.2, 0) is 19.1 Å². The van der Waals surface area contributed by atoms with Crippen LogP contribution >= 0.6 is 23.2 Å². The van der Waals surface area contributed by atoms with Crippen LogP contribution in [-0.4, -0.2) is 38.5 Å². The molecule has 0 aromatic heterocycles. The molecule has 4 N–H and O–H groups in total. The molecule has 5 rings (SSSR count). The van der Waals surface area contributed by atoms with Crippen LogP contribution in [0.1, 0.15) is 23.6 Å². The molecule has 0 saturated heterocycles. The van der Waals surface area contributed by atoms with Crippen LogP contribution < -0.4 is 30.8 Å². The van der Waals surface area contributed by atoms with Crippen LogP contribution in [0.25, 0.3) is 0 Å². The predicted octanol–water partition coefficient (Wildman–Crippen LogP) is -1.51. The number of carbonyl (C=O) groups excluding carboxylic acids is 2. The van der Waals surface area contributed by atoms with Crippen LogP contribution in [0.2, 0.25) is 0 Å². The second-order valence-electron chi connectivity index (χ2n) is 7.26. The van der Waals surface area contributed by atoms with Crippen molar-refractivity contribution in [3.05, 3.63) is 81.2 Å². The van der Waals surface area contributed by atoms with Crippen molar-refractivity contribution in [3.8, 4) is 0 Å². The van der Waals surface area contributed by atoms with E-state index < -0.39 is 33.1 Å². The first kappa shape index (κ1) is 26.9. The Morgan fingerprint density at radius 2 is 1.08 bits per heavy atom. The molecule has 2 atom stereocenters. The number of hydrogen-bond donors (Lipinski definition) is 4. The number of hydrogen-bond acceptors (Lipinski definition) is 8. The van der Waals surface area contributed by atoms with Crippen molar-refractivity contribution in [2.75, 3.05) is 24.9 Å². The number of ether oxygens (including phenoxy) is 2. The van der Waals surface area contributed by atoms with E-state index in [0.717, 1.165) is 22.5 Å². The topological polar surface area (TPSA) is 151 Å². The van der Waals surface area contributed by atoms with Gasteiger partial charge in [0.25, 0.3) is 0 Å². The summed E-state index contributed by atoms with van der Waals surface area (Å²) in [6.07, 6.45) is 3.53. The smallest absolute Gasteiger partial charge is 0.237 e. The first-order valence-corrected chi connectivity index (χ1v) is 11.2. The van der Waals surface area contributed by atoms with Crippen LogP contribution in [0.5, 0.6) is 0 Å². The van der Waals surface area contributed by atoms with Crippen LogP contribution in [0.4, 0.5) is 11.4 Å². The zero-order chi connectivity index (χ0) is 26.2. The minimum Gasteiger partial charge on any atom is -0.869 e. The highest BCUT2D eigenvalue weighted by atomic mass is 35.5. The molecule has 0 spiro atoms. The van der Waals surface area contributed by atoms with Gasteiger partial charge in [0, 0.05) is 14.2 Å². The summed E-state index contributed by atoms with van der Waals surface area (Å²) in [6.45, 7) is 0. The Bertz CT molecular complexity index is 1150. The van der Waals surface area contributed by atoms with E-state index in [2.05, 4.69) is 20.6 Å². The third-order valence-electron chi connectivity index (χ3n) is 5.09. The number of Topliss-reactive ketones (excluding diaryl/α,β-unsaturated/α-hetero) is 2. The van der Waals surface area contributed by atoms with Crippen LogP contribution in [0, 0.1) is 0 Å². The molecule has 0 amide bonds. The maximum Gasteiger partial charge on any atom is 0.237 e. The molecule has 36 heavy (non-hydrogen) atoms. The van der Waals surface area contributed by atoms with Crippen molar-refractivity contribution < 1.29 is 39.3 Å². The summed E-state index contributed by atoms with van der Waals surface area (Å²) in [4.78, 5) is 27.5. The maximum absolute atomic E-state index is 10.7. The lowest BCUT2D eigenvalue weighted by molar-refractivity contribution is -0.564. The zero-order valence-electron chi connectivity index (χ0n) is 19.1. The van der Waals surface area contributed by atoms with E-state index >= 15 is 0 Å². The predicted molar refractivity (Wildman–Crippen MR) is 129 cm³/mol. The van der Waals surface area contributed by atoms with Gasteiger partial charge >= 0.3 is 0 Å². The summed E-state index contributed by atoms with van der Waals surface area (Å²) in [5, 5.41) is 25.8. The second-order valence-corrected chi connectivity index (χ2v) is 8.02. The van der Waals surface area contributed by atoms with Gasteiger partial charge in [-0.15, -0.1) is 0 Å². The Hall–Kier alpha value is -3.70. The van der Waals surface area contributed by atoms with Gasteiger partial charge in [0.05, 0.1) is 21.2 Å². The number of rotatable bonds is 2. The molecule has 1 aliphatic carbocycles. The van der Waals surface area contributed by atoms with Crippen molar-refractivity contribution in [3.63, 3.8) is 0 Å². The van der Waals surface area contributed by atoms with Gasteiger partial charge in [-0.05, 0) is 35.8 Å². The zero-order valence-corrected chi connectivity index (χ0v) is 20.6. The van der Waals surface area contributed by atoms with E-state index in [1.165, 1.54) is 0 Å². The van der Waals surface area contributed by atoms with E-state index in [0.29, 0.717) is 0 Å². The highest BCUT2D eigenvalue weighted by Gasteiger charge is 2.23. The highest BCUT2D eigenvalue weighted by Crippen LogP contribution is 2.24. The first-order valence-electron chi connectivity index (χ1n) is 10.4. The Balaban J connectivity index is 0.000000150. The average molecular weight is 533 g/mol. The number of allylic oxidation sites excluding steroid dienone is 2. The molecule has 12 heteroatoms. The molecule has 10 nitrogen and oxygen atoms in total. The molecular weight excluding hydrogens is 511 g/mol. The SMILES string of the molecule is CO[C@@H]1[NH+]=CNc2ccccc21.CO[C@H]1[NH+]=CNc2ccccc21.O=C1C([O-])=C(Cl)C(=O)C([O-])=C1Cl. The molecule has 0 saturated carbocycles. The van der Waals surface area contributed by atoms with Gasteiger partial charge in [0.2, 0.25) is 25.1 Å². The van der Waals surface area contributed by atoms with Crippen molar-refractivity contribution in [1.82, 2.24) is 0 Å². The fraction of sp³-hybridized carbons (Fsp3) is 0.167. The highest BCUT2D eigenvalue weighted by molar-refractivity contribution is 6.55. The van der Waals surface area contributed by atoms with E-state index in [1.54, 1.807) is 26.9 Å². The standard InChI is InChI=1S/2C9H10N2O.C6H2Cl2O4/c2*1-12-9-7-4-2-3-5-8(7)10-6-11-9;7-1-3(9)5(11)2(8)6(12)4(1)10/h2*2-6,9H,1H3,(H,10,11);9,12H/t2*9-;/m10./s1. The Morgan fingerprint density at radius 3 is 1.44 bits per heavy atom. The molecular formula is C24H22Cl2N4O6. The number of ketones is 2. The number of anilines is 2. The first-order chi connectivity index (χ1) is 17.3. The summed E-state index contributed by atoms with van der Waals surface area (Å²) in [5.41, 5.74) is 4.48. The summed E-state index contributed by atoms with van der Waals surface area (Å²) in [6, 6.07) is 16.1. The maximum atomic E-state index is 10.7. The summed E-state index contributed by atoms with van der Waals surface area (Å²) in [5.74, 6) is -4.92. The van der Waals surface area contributed by atoms with E-state index in [-0.39, 0.29) is 12.5 Å². The van der Waals surface area contributed by atoms with Crippen molar-refractivity contribution in [2.24, 2.45) is 0 Å². The minimum absolute atomic E-state index is 0.0255. The van der Waals surface area contributed by atoms with Crippen LogP contribution in [0.3, 0.4) is 0 Å². The van der Waals surface area contributed by atoms with Gasteiger partial charge in [-0.25, -0.2) is 20.6 Å². The number of para-hydroxylation sites is 2. The fourth-order valence-electron chi connectivity index (χ4n) is 3.28. The molecule has 2 aliphatic heterocycles. The number of halogens is 2. The summed E-state index contributed by atoms with van der Waals surface area (Å²) in [7, 11) is 3.38. The van der Waals surface area contributed by atoms with E-state index in [1.807, 2.05) is 48.5 Å². The molecule has 3 aliphatic rings. The molecule has 0 bridgehead atoms. The quantitative estimate of drug-likeness (QED) is 0.341. The Labute approximate surface area is 216 Å². The van der Waals surface area contributed by atoms with Crippen molar-refractivity contribution in [1.29, 1.82) is 0 Å². The van der Waals surface area contributed by atoms with Crippen LogP contribution in [0.15, 0.2) is 70.1 Å². The van der Waals surface area contributed by atoms with Gasteiger partial charge < -0.3 is 19.7 Å². The van der Waals surface area contributed by atoms with Gasteiger partial charge in [-0.1, -0.05) is 47.5 Å². The second kappa shape index (κ2) is 12.3. The van der Waals surface area contributed by atoms with Gasteiger partial charge in [0.1, 0.15) is 11.4 Å². The number of nitrogens with one attached hydrogen (secondary N) is 4. The normalized spacial score (nSPS) is 19.7.